The van der Waals surface area contributed by atoms with Crippen LogP contribution >= 0.6 is 0 Å². The third-order valence-corrected chi connectivity index (χ3v) is 11.8. The van der Waals surface area contributed by atoms with Crippen LogP contribution in [0.3, 0.4) is 0 Å². The number of likely N-dealkylation sites (N-methyl/N-ethyl adjacent to an activating group) is 1. The Kier molecular flexibility index (Phi) is 7.65. The molecule has 9 unspecified atom stereocenters. The molecule has 0 aromatic rings. The van der Waals surface area contributed by atoms with Gasteiger partial charge < -0.3 is 4.90 Å². The summed E-state index contributed by atoms with van der Waals surface area (Å²) in [4.78, 5) is 21.2. The predicted molar refractivity (Wildman–Crippen MR) is 140 cm³/mol. The normalized spacial score (nSPS) is 43.0. The van der Waals surface area contributed by atoms with Crippen molar-refractivity contribution in [3.8, 4) is 0 Å². The van der Waals surface area contributed by atoms with Crippen molar-refractivity contribution in [2.75, 3.05) is 40.4 Å². The van der Waals surface area contributed by atoms with Crippen LogP contribution in [0.25, 0.3) is 0 Å². The number of halogens is 6. The summed E-state index contributed by atoms with van der Waals surface area (Å²) in [5, 5.41) is 0. The number of rotatable bonds is 5. The van der Waals surface area contributed by atoms with Gasteiger partial charge in [0.1, 0.15) is 6.17 Å². The lowest BCUT2D eigenvalue weighted by atomic mass is 9.70. The highest BCUT2D eigenvalue weighted by Crippen LogP contribution is 2.52. The van der Waals surface area contributed by atoms with Gasteiger partial charge in [0.2, 0.25) is 5.91 Å². The maximum Gasteiger partial charge on any atom is 0.392 e. The standard InChI is InChI=1S/C28H44F6N6O/c1-26(29,27(30,31)25-36-35-15-37(25)2)16-5-4-6-17(9-16)40-14-22-21(24(40)41)10-20(11-23(22)28(32,33)34)39-12-18-7-8-19(13-39)38(18)3/h16-23,25,35-36H,4-15H2,1-3H3/t16?,17?,18?,19?,20?,21?,22?,23?,25?,26-/m1/s1. The average molecular weight is 595 g/mol. The Hall–Kier alpha value is -1.15. The molecule has 13 heteroatoms. The molecule has 2 N–H and O–H groups in total. The van der Waals surface area contributed by atoms with Crippen LogP contribution in [-0.4, -0.2) is 114 Å². The SMILES string of the molecule is CN1CNNC1C(F)(F)[C@](C)(F)C1CCCC(N2CC3C(CC(N4CC5CCC(C4)N5C)CC3C(F)(F)F)C2=O)C1. The van der Waals surface area contributed by atoms with Gasteiger partial charge in [0, 0.05) is 55.6 Å². The highest BCUT2D eigenvalue weighted by Gasteiger charge is 2.64. The average Bonchev–Trinajstić information content (AvgIpc) is 3.54. The predicted octanol–water partition coefficient (Wildman–Crippen LogP) is 3.43. The van der Waals surface area contributed by atoms with E-state index < -0.39 is 53.6 Å². The Bertz CT molecular complexity index is 984. The molecule has 2 saturated carbocycles. The van der Waals surface area contributed by atoms with Crippen molar-refractivity contribution in [2.24, 2.45) is 23.7 Å². The number of alkyl halides is 6. The second-order valence-corrected chi connectivity index (χ2v) is 13.9. The zero-order valence-electron chi connectivity index (χ0n) is 24.1. The molecule has 0 aromatic heterocycles. The lowest BCUT2D eigenvalue weighted by Gasteiger charge is -2.47. The van der Waals surface area contributed by atoms with Gasteiger partial charge >= 0.3 is 12.1 Å². The van der Waals surface area contributed by atoms with Crippen LogP contribution in [0.1, 0.15) is 58.3 Å². The number of fused-ring (bicyclic) bond motifs is 3. The van der Waals surface area contributed by atoms with Gasteiger partial charge in [-0.2, -0.15) is 22.0 Å². The van der Waals surface area contributed by atoms with Crippen LogP contribution in [0.2, 0.25) is 0 Å². The number of carbonyl (C=O) groups excluding carboxylic acids is 1. The summed E-state index contributed by atoms with van der Waals surface area (Å²) >= 11 is 0. The van der Waals surface area contributed by atoms with E-state index in [9.17, 15) is 18.0 Å². The first-order valence-electron chi connectivity index (χ1n) is 15.3. The molecular weight excluding hydrogens is 550 g/mol. The van der Waals surface area contributed by atoms with E-state index in [-0.39, 0.29) is 44.4 Å². The van der Waals surface area contributed by atoms with E-state index in [0.717, 1.165) is 32.9 Å². The first kappa shape index (κ1) is 29.9. The number of carbonyl (C=O) groups is 1. The van der Waals surface area contributed by atoms with Crippen LogP contribution in [0.4, 0.5) is 26.3 Å². The number of hydrogen-bond acceptors (Lipinski definition) is 6. The highest BCUT2D eigenvalue weighted by atomic mass is 19.4. The van der Waals surface area contributed by atoms with Crippen molar-refractivity contribution in [2.45, 2.75) is 106 Å². The minimum atomic E-state index is -4.42. The van der Waals surface area contributed by atoms with E-state index in [1.807, 2.05) is 0 Å². The van der Waals surface area contributed by atoms with Crippen LogP contribution in [0.5, 0.6) is 0 Å². The van der Waals surface area contributed by atoms with Gasteiger partial charge in [0.15, 0.2) is 5.67 Å². The summed E-state index contributed by atoms with van der Waals surface area (Å²) in [5.74, 6) is -8.20. The van der Waals surface area contributed by atoms with E-state index in [4.69, 9.17) is 0 Å². The van der Waals surface area contributed by atoms with Crippen LogP contribution < -0.4 is 10.9 Å². The van der Waals surface area contributed by atoms with Crippen molar-refractivity contribution in [3.05, 3.63) is 0 Å². The number of hydrazine groups is 1. The molecule has 6 fully saturated rings. The van der Waals surface area contributed by atoms with Crippen molar-refractivity contribution in [1.82, 2.24) is 30.5 Å². The number of piperazine rings is 1. The minimum absolute atomic E-state index is 0.00700. The van der Waals surface area contributed by atoms with E-state index in [2.05, 4.69) is 27.7 Å². The first-order valence-corrected chi connectivity index (χ1v) is 15.3. The third kappa shape index (κ3) is 4.99. The lowest BCUT2D eigenvalue weighted by molar-refractivity contribution is -0.206. The molecule has 234 valence electrons. The van der Waals surface area contributed by atoms with Gasteiger partial charge in [-0.15, -0.1) is 0 Å². The second kappa shape index (κ2) is 10.5. The zero-order valence-corrected chi connectivity index (χ0v) is 24.1. The molecule has 0 aromatic carbocycles. The highest BCUT2D eigenvalue weighted by molar-refractivity contribution is 5.82. The van der Waals surface area contributed by atoms with Gasteiger partial charge in [-0.1, -0.05) is 6.42 Å². The molecule has 1 amide bonds. The molecule has 4 aliphatic heterocycles. The van der Waals surface area contributed by atoms with Crippen molar-refractivity contribution < 1.29 is 31.1 Å². The zero-order chi connectivity index (χ0) is 29.5. The molecule has 6 aliphatic rings. The lowest BCUT2D eigenvalue weighted by Crippen LogP contribution is -2.62. The number of nitrogens with one attached hydrogen (secondary N) is 2. The smallest absolute Gasteiger partial charge is 0.339 e. The molecule has 7 nitrogen and oxygen atoms in total. The summed E-state index contributed by atoms with van der Waals surface area (Å²) in [6.07, 6.45) is -2.24. The van der Waals surface area contributed by atoms with Crippen LogP contribution in [0, 0.1) is 23.7 Å². The van der Waals surface area contributed by atoms with Crippen molar-refractivity contribution in [1.29, 1.82) is 0 Å². The third-order valence-electron chi connectivity index (χ3n) is 11.8. The van der Waals surface area contributed by atoms with E-state index in [0.29, 0.717) is 31.3 Å². The van der Waals surface area contributed by atoms with Crippen molar-refractivity contribution in [3.63, 3.8) is 0 Å². The fourth-order valence-electron chi connectivity index (χ4n) is 9.14. The maximum absolute atomic E-state index is 16.1. The number of nitrogens with zero attached hydrogens (tertiary/aromatic N) is 4. The van der Waals surface area contributed by atoms with Gasteiger partial charge in [-0.05, 0) is 71.9 Å². The van der Waals surface area contributed by atoms with Crippen molar-refractivity contribution >= 4 is 5.91 Å². The number of amides is 1. The largest absolute Gasteiger partial charge is 0.392 e. The quantitative estimate of drug-likeness (QED) is 0.476. The monoisotopic (exact) mass is 594 g/mol. The van der Waals surface area contributed by atoms with E-state index >= 15 is 13.2 Å². The molecule has 4 heterocycles. The molecule has 4 saturated heterocycles. The summed E-state index contributed by atoms with van der Waals surface area (Å²) in [7, 11) is 3.57. The topological polar surface area (TPSA) is 54.1 Å². The fourth-order valence-corrected chi connectivity index (χ4v) is 9.14. The molecule has 10 atom stereocenters. The number of hydrogen-bond donors (Lipinski definition) is 2. The maximum atomic E-state index is 16.1. The molecular formula is C28H44F6N6O. The van der Waals surface area contributed by atoms with E-state index in [1.54, 1.807) is 0 Å². The van der Waals surface area contributed by atoms with Gasteiger partial charge in [0.05, 0.1) is 12.6 Å². The molecule has 6 rings (SSSR count). The molecule has 41 heavy (non-hydrogen) atoms. The molecule has 0 spiro atoms. The Morgan fingerprint density at radius 3 is 2.12 bits per heavy atom. The molecule has 2 bridgehead atoms. The summed E-state index contributed by atoms with van der Waals surface area (Å²) in [5.41, 5.74) is 2.23. The van der Waals surface area contributed by atoms with E-state index in [1.165, 1.54) is 16.8 Å². The summed E-state index contributed by atoms with van der Waals surface area (Å²) in [6, 6.07) is -0.153. The minimum Gasteiger partial charge on any atom is -0.339 e. The van der Waals surface area contributed by atoms with Crippen LogP contribution in [0.15, 0.2) is 0 Å². The Morgan fingerprint density at radius 1 is 0.829 bits per heavy atom. The molecule has 2 aliphatic carbocycles. The van der Waals surface area contributed by atoms with Gasteiger partial charge in [0.25, 0.3) is 0 Å². The first-order chi connectivity index (χ1) is 19.2. The summed E-state index contributed by atoms with van der Waals surface area (Å²) < 4.78 is 90.5. The second-order valence-electron chi connectivity index (χ2n) is 13.9. The Morgan fingerprint density at radius 2 is 1.51 bits per heavy atom. The summed E-state index contributed by atoms with van der Waals surface area (Å²) in [6.45, 7) is 2.51. The fraction of sp³-hybridized carbons (Fsp3) is 0.964. The number of likely N-dealkylation sites (tertiary alicyclic amines) is 2. The Balaban J connectivity index is 1.19. The molecule has 0 radical (unpaired) electrons. The Labute approximate surface area is 238 Å². The van der Waals surface area contributed by atoms with Gasteiger partial charge in [-0.3, -0.25) is 19.5 Å². The van der Waals surface area contributed by atoms with Crippen LogP contribution in [-0.2, 0) is 4.79 Å². The van der Waals surface area contributed by atoms with Gasteiger partial charge in [-0.25, -0.2) is 15.2 Å².